The first kappa shape index (κ1) is 12.3. The number of nitrogens with two attached hydrogens (primary N) is 1. The van der Waals surface area contributed by atoms with Crippen LogP contribution in [0.5, 0.6) is 5.75 Å². The summed E-state index contributed by atoms with van der Waals surface area (Å²) in [6.07, 6.45) is 2.54. The van der Waals surface area contributed by atoms with E-state index in [0.29, 0.717) is 12.0 Å². The maximum absolute atomic E-state index is 13.9. The molecule has 1 aliphatic rings. The lowest BCUT2D eigenvalue weighted by Gasteiger charge is -2.19. The molecule has 0 amide bonds. The molecule has 0 aromatic heterocycles. The van der Waals surface area contributed by atoms with Crippen LogP contribution < -0.4 is 10.5 Å². The Hall–Kier alpha value is -1.13. The molecule has 2 unspecified atom stereocenters. The molecule has 17 heavy (non-hydrogen) atoms. The van der Waals surface area contributed by atoms with E-state index in [-0.39, 0.29) is 23.7 Å². The van der Waals surface area contributed by atoms with Gasteiger partial charge in [-0.15, -0.1) is 0 Å². The summed E-state index contributed by atoms with van der Waals surface area (Å²) in [6, 6.07) is 4.97. The lowest BCUT2D eigenvalue weighted by molar-refractivity contribution is 0.0897. The quantitative estimate of drug-likeness (QED) is 0.872. The Morgan fingerprint density at radius 3 is 3.06 bits per heavy atom. The molecule has 0 bridgehead atoms. The Morgan fingerprint density at radius 2 is 2.41 bits per heavy atom. The molecular formula is C13H18FNO2. The molecule has 4 heteroatoms. The van der Waals surface area contributed by atoms with Crippen LogP contribution in [0.25, 0.3) is 0 Å². The Kier molecular flexibility index (Phi) is 3.97. The molecule has 1 aliphatic heterocycles. The van der Waals surface area contributed by atoms with Gasteiger partial charge >= 0.3 is 0 Å². The van der Waals surface area contributed by atoms with E-state index in [1.165, 1.54) is 7.11 Å². The highest BCUT2D eigenvalue weighted by Gasteiger charge is 2.24. The van der Waals surface area contributed by atoms with Gasteiger partial charge in [0, 0.05) is 12.6 Å². The van der Waals surface area contributed by atoms with Crippen LogP contribution in [-0.4, -0.2) is 25.9 Å². The van der Waals surface area contributed by atoms with Gasteiger partial charge < -0.3 is 15.2 Å². The fourth-order valence-corrected chi connectivity index (χ4v) is 2.20. The molecule has 2 N–H and O–H groups in total. The molecule has 2 rings (SSSR count). The minimum absolute atomic E-state index is 0.0561. The van der Waals surface area contributed by atoms with E-state index < -0.39 is 0 Å². The smallest absolute Gasteiger partial charge is 0.168 e. The highest BCUT2D eigenvalue weighted by atomic mass is 19.1. The number of methoxy groups -OCH3 is 1. The van der Waals surface area contributed by atoms with Crippen molar-refractivity contribution >= 4 is 0 Å². The molecule has 1 aromatic carbocycles. The van der Waals surface area contributed by atoms with E-state index in [9.17, 15) is 4.39 Å². The SMILES string of the molecule is COc1cccc(CC(N)C2CCCO2)c1F. The molecule has 2 atom stereocenters. The summed E-state index contributed by atoms with van der Waals surface area (Å²) in [5, 5.41) is 0. The van der Waals surface area contributed by atoms with E-state index in [2.05, 4.69) is 0 Å². The van der Waals surface area contributed by atoms with Crippen LogP contribution in [-0.2, 0) is 11.2 Å². The first-order chi connectivity index (χ1) is 8.22. The topological polar surface area (TPSA) is 44.5 Å². The summed E-state index contributed by atoms with van der Waals surface area (Å²) >= 11 is 0. The number of ether oxygens (including phenoxy) is 2. The maximum atomic E-state index is 13.9. The van der Waals surface area contributed by atoms with Crippen LogP contribution >= 0.6 is 0 Å². The van der Waals surface area contributed by atoms with Crippen LogP contribution in [0.4, 0.5) is 4.39 Å². The van der Waals surface area contributed by atoms with Crippen LogP contribution in [0.15, 0.2) is 18.2 Å². The summed E-state index contributed by atoms with van der Waals surface area (Å²) in [5.74, 6) is -0.0505. The van der Waals surface area contributed by atoms with Crippen molar-refractivity contribution < 1.29 is 13.9 Å². The number of halogens is 1. The molecule has 94 valence electrons. The lowest BCUT2D eigenvalue weighted by Crippen LogP contribution is -2.36. The van der Waals surface area contributed by atoms with Gasteiger partial charge in [-0.25, -0.2) is 4.39 Å². The molecule has 1 fully saturated rings. The summed E-state index contributed by atoms with van der Waals surface area (Å²) in [4.78, 5) is 0. The minimum Gasteiger partial charge on any atom is -0.494 e. The van der Waals surface area contributed by atoms with E-state index in [1.54, 1.807) is 18.2 Å². The highest BCUT2D eigenvalue weighted by molar-refractivity contribution is 5.31. The van der Waals surface area contributed by atoms with Gasteiger partial charge in [-0.2, -0.15) is 0 Å². The monoisotopic (exact) mass is 239 g/mol. The molecular weight excluding hydrogens is 221 g/mol. The Labute approximate surface area is 101 Å². The summed E-state index contributed by atoms with van der Waals surface area (Å²) in [5.41, 5.74) is 6.63. The Bertz CT molecular complexity index is 378. The van der Waals surface area contributed by atoms with E-state index in [1.807, 2.05) is 0 Å². The Balaban J connectivity index is 2.07. The summed E-state index contributed by atoms with van der Waals surface area (Å²) in [7, 11) is 1.46. The van der Waals surface area contributed by atoms with Crippen molar-refractivity contribution in [3.8, 4) is 5.75 Å². The average Bonchev–Trinajstić information content (AvgIpc) is 2.85. The van der Waals surface area contributed by atoms with Gasteiger partial charge in [-0.1, -0.05) is 12.1 Å². The first-order valence-corrected chi connectivity index (χ1v) is 5.91. The normalized spacial score (nSPS) is 21.5. The van der Waals surface area contributed by atoms with Crippen LogP contribution in [0.2, 0.25) is 0 Å². The van der Waals surface area contributed by atoms with Crippen molar-refractivity contribution in [3.63, 3.8) is 0 Å². The van der Waals surface area contributed by atoms with Crippen molar-refractivity contribution in [2.24, 2.45) is 5.73 Å². The average molecular weight is 239 g/mol. The van der Waals surface area contributed by atoms with Gasteiger partial charge in [0.05, 0.1) is 13.2 Å². The maximum Gasteiger partial charge on any atom is 0.168 e. The van der Waals surface area contributed by atoms with E-state index in [0.717, 1.165) is 19.4 Å². The fourth-order valence-electron chi connectivity index (χ4n) is 2.20. The predicted octanol–water partition coefficient (Wildman–Crippen LogP) is 1.88. The zero-order valence-electron chi connectivity index (χ0n) is 9.99. The third-order valence-corrected chi connectivity index (χ3v) is 3.16. The largest absolute Gasteiger partial charge is 0.494 e. The molecule has 3 nitrogen and oxygen atoms in total. The number of benzene rings is 1. The van der Waals surface area contributed by atoms with E-state index >= 15 is 0 Å². The molecule has 0 aliphatic carbocycles. The fraction of sp³-hybridized carbons (Fsp3) is 0.538. The van der Waals surface area contributed by atoms with Gasteiger partial charge in [-0.3, -0.25) is 0 Å². The van der Waals surface area contributed by atoms with Crippen molar-refractivity contribution in [3.05, 3.63) is 29.6 Å². The van der Waals surface area contributed by atoms with Crippen LogP contribution in [0.3, 0.4) is 0 Å². The first-order valence-electron chi connectivity index (χ1n) is 5.91. The second-order valence-corrected chi connectivity index (χ2v) is 4.35. The second-order valence-electron chi connectivity index (χ2n) is 4.35. The van der Waals surface area contributed by atoms with Gasteiger partial charge in [-0.05, 0) is 30.9 Å². The van der Waals surface area contributed by atoms with Crippen molar-refractivity contribution in [2.45, 2.75) is 31.4 Å². The van der Waals surface area contributed by atoms with Crippen LogP contribution in [0.1, 0.15) is 18.4 Å². The Morgan fingerprint density at radius 1 is 1.59 bits per heavy atom. The molecule has 0 radical (unpaired) electrons. The van der Waals surface area contributed by atoms with Gasteiger partial charge in [0.25, 0.3) is 0 Å². The third kappa shape index (κ3) is 2.76. The minimum atomic E-state index is -0.316. The van der Waals surface area contributed by atoms with Crippen molar-refractivity contribution in [2.75, 3.05) is 13.7 Å². The standard InChI is InChI=1S/C13H18FNO2/c1-16-12-5-2-4-9(13(12)14)8-10(15)11-6-3-7-17-11/h2,4-5,10-11H,3,6-8,15H2,1H3. The van der Waals surface area contributed by atoms with E-state index in [4.69, 9.17) is 15.2 Å². The zero-order valence-corrected chi connectivity index (χ0v) is 9.99. The third-order valence-electron chi connectivity index (χ3n) is 3.16. The van der Waals surface area contributed by atoms with Gasteiger partial charge in [0.2, 0.25) is 0 Å². The second kappa shape index (κ2) is 5.47. The number of hydrogen-bond acceptors (Lipinski definition) is 3. The molecule has 1 saturated heterocycles. The molecule has 0 spiro atoms. The van der Waals surface area contributed by atoms with Crippen molar-refractivity contribution in [1.29, 1.82) is 0 Å². The zero-order chi connectivity index (χ0) is 12.3. The summed E-state index contributed by atoms with van der Waals surface area (Å²) < 4.78 is 24.3. The molecule has 0 saturated carbocycles. The van der Waals surface area contributed by atoms with Gasteiger partial charge in [0.1, 0.15) is 0 Å². The lowest BCUT2D eigenvalue weighted by atomic mass is 10.00. The number of hydrogen-bond donors (Lipinski definition) is 1. The molecule has 1 aromatic rings. The van der Waals surface area contributed by atoms with Crippen molar-refractivity contribution in [1.82, 2.24) is 0 Å². The van der Waals surface area contributed by atoms with Gasteiger partial charge in [0.15, 0.2) is 11.6 Å². The molecule has 1 heterocycles. The predicted molar refractivity (Wildman–Crippen MR) is 63.6 cm³/mol. The highest BCUT2D eigenvalue weighted by Crippen LogP contribution is 2.23. The number of rotatable bonds is 4. The summed E-state index contributed by atoms with van der Waals surface area (Å²) in [6.45, 7) is 0.763. The van der Waals surface area contributed by atoms with Crippen LogP contribution in [0, 0.1) is 5.82 Å².